The second kappa shape index (κ2) is 14.1. The van der Waals surface area contributed by atoms with E-state index in [0.29, 0.717) is 41.7 Å². The van der Waals surface area contributed by atoms with Crippen LogP contribution in [0.15, 0.2) is 72.9 Å². The number of aromatic nitrogens is 2. The molecule has 1 aliphatic rings. The molecule has 3 heterocycles. The van der Waals surface area contributed by atoms with Crippen LogP contribution in [0.4, 0.5) is 21.7 Å². The van der Waals surface area contributed by atoms with Crippen LogP contribution in [0.2, 0.25) is 0 Å². The van der Waals surface area contributed by atoms with Crippen molar-refractivity contribution in [1.29, 1.82) is 0 Å². The number of carbonyl (C=O) groups is 1. The number of hydrogen-bond acceptors (Lipinski definition) is 7. The van der Waals surface area contributed by atoms with Crippen LogP contribution < -0.4 is 15.0 Å². The number of hydrogen-bond donors (Lipinski definition) is 2. The molecule has 8 nitrogen and oxygen atoms in total. The molecule has 1 aliphatic heterocycles. The Morgan fingerprint density at radius 1 is 1.04 bits per heavy atom. The molecule has 0 amide bonds. The van der Waals surface area contributed by atoms with E-state index in [0.717, 1.165) is 48.3 Å². The van der Waals surface area contributed by atoms with Gasteiger partial charge in [-0.25, -0.2) is 19.2 Å². The number of nitrogens with zero attached hydrogens (tertiary/aromatic N) is 3. The number of halogens is 1. The lowest BCUT2D eigenvalue weighted by Gasteiger charge is -2.41. The predicted octanol–water partition coefficient (Wildman–Crippen LogP) is 8.52. The molecule has 0 bridgehead atoms. The van der Waals surface area contributed by atoms with Crippen LogP contribution >= 0.6 is 0 Å². The fraction of sp³-hybridized carbons (Fsp3) is 0.395. The van der Waals surface area contributed by atoms with Gasteiger partial charge in [0.2, 0.25) is 0 Å². The molecule has 5 rings (SSSR count). The van der Waals surface area contributed by atoms with E-state index in [2.05, 4.69) is 29.0 Å². The molecule has 1 saturated heterocycles. The van der Waals surface area contributed by atoms with E-state index in [4.69, 9.17) is 14.5 Å². The highest BCUT2D eigenvalue weighted by molar-refractivity contribution is 5.93. The third-order valence-corrected chi connectivity index (χ3v) is 8.42. The molecular formula is C38H45FN4O4. The number of anilines is 3. The Morgan fingerprint density at radius 3 is 2.32 bits per heavy atom. The van der Waals surface area contributed by atoms with E-state index in [-0.39, 0.29) is 11.2 Å². The minimum atomic E-state index is -1.23. The van der Waals surface area contributed by atoms with Gasteiger partial charge in [-0.05, 0) is 93.5 Å². The van der Waals surface area contributed by atoms with Crippen molar-refractivity contribution in [2.75, 3.05) is 29.9 Å². The third-order valence-electron chi connectivity index (χ3n) is 8.42. The minimum Gasteiger partial charge on any atom is -0.493 e. The van der Waals surface area contributed by atoms with Crippen LogP contribution in [0.25, 0.3) is 11.1 Å². The number of carboxylic acid groups (broad SMARTS) is 1. The molecule has 2 N–H and O–H groups in total. The summed E-state index contributed by atoms with van der Waals surface area (Å²) in [7, 11) is 0. The number of benzene rings is 2. The number of rotatable bonds is 11. The first kappa shape index (κ1) is 33.9. The molecule has 0 radical (unpaired) electrons. The second-order valence-electron chi connectivity index (χ2n) is 13.9. The van der Waals surface area contributed by atoms with Gasteiger partial charge in [0.25, 0.3) is 0 Å². The highest BCUT2D eigenvalue weighted by atomic mass is 19.1. The maximum atomic E-state index is 13.3. The summed E-state index contributed by atoms with van der Waals surface area (Å²) in [6, 6.07) is 19.8. The Kier molecular flexibility index (Phi) is 10.2. The predicted molar refractivity (Wildman–Crippen MR) is 184 cm³/mol. The summed E-state index contributed by atoms with van der Waals surface area (Å²) in [6.45, 7) is 13.9. The first-order chi connectivity index (χ1) is 22.3. The van der Waals surface area contributed by atoms with Crippen molar-refractivity contribution >= 4 is 23.3 Å². The van der Waals surface area contributed by atoms with Crippen molar-refractivity contribution in [3.05, 3.63) is 95.6 Å². The lowest BCUT2D eigenvalue weighted by Crippen LogP contribution is -2.39. The fourth-order valence-electron chi connectivity index (χ4n) is 5.84. The van der Waals surface area contributed by atoms with Crippen LogP contribution in [0.1, 0.15) is 70.4 Å². The number of aliphatic carboxylic acids is 1. The standard InChI is InChI=1S/C38H45FN4O4/c1-25-31(34(36(44)45)47-37(2,3)4)33(43-22-19-38(5,6)20-23-43)32(35(41-25)42-30-9-7-8-21-40-30)27-12-16-29(17-13-27)46-24-18-26-10-14-28(39)15-11-26/h7-17,21,34H,18-20,22-24H2,1-6H3,(H,44,45)(H,40,41,42). The normalized spacial score (nSPS) is 15.3. The van der Waals surface area contributed by atoms with E-state index in [9.17, 15) is 14.3 Å². The Balaban J connectivity index is 1.61. The van der Waals surface area contributed by atoms with Gasteiger partial charge in [0.05, 0.1) is 17.9 Å². The molecule has 2 aromatic carbocycles. The van der Waals surface area contributed by atoms with Crippen LogP contribution in [-0.2, 0) is 16.0 Å². The van der Waals surface area contributed by atoms with Crippen molar-refractivity contribution in [3.63, 3.8) is 0 Å². The van der Waals surface area contributed by atoms with Gasteiger partial charge in [-0.3, -0.25) is 0 Å². The van der Waals surface area contributed by atoms with Gasteiger partial charge >= 0.3 is 5.97 Å². The first-order valence-corrected chi connectivity index (χ1v) is 16.2. The summed E-state index contributed by atoms with van der Waals surface area (Å²) in [4.78, 5) is 24.7. The molecule has 248 valence electrons. The van der Waals surface area contributed by atoms with Gasteiger partial charge in [0, 0.05) is 42.5 Å². The number of aryl methyl sites for hydroxylation is 1. The second-order valence-corrected chi connectivity index (χ2v) is 13.9. The molecule has 47 heavy (non-hydrogen) atoms. The Labute approximate surface area is 277 Å². The minimum absolute atomic E-state index is 0.176. The van der Waals surface area contributed by atoms with Gasteiger partial charge in [0.1, 0.15) is 23.2 Å². The van der Waals surface area contributed by atoms with Gasteiger partial charge in [-0.15, -0.1) is 0 Å². The molecule has 0 aliphatic carbocycles. The van der Waals surface area contributed by atoms with E-state index >= 15 is 0 Å². The average Bonchev–Trinajstić information content (AvgIpc) is 3.01. The molecule has 9 heteroatoms. The Morgan fingerprint density at radius 2 is 1.72 bits per heavy atom. The summed E-state index contributed by atoms with van der Waals surface area (Å²) < 4.78 is 25.6. The maximum absolute atomic E-state index is 13.3. The summed E-state index contributed by atoms with van der Waals surface area (Å²) in [5.74, 6) is 0.569. The first-order valence-electron chi connectivity index (χ1n) is 16.2. The molecule has 1 fully saturated rings. The average molecular weight is 641 g/mol. The quantitative estimate of drug-likeness (QED) is 0.168. The van der Waals surface area contributed by atoms with Crippen molar-refractivity contribution in [2.45, 2.75) is 72.5 Å². The molecular weight excluding hydrogens is 595 g/mol. The molecule has 4 aromatic rings. The SMILES string of the molecule is Cc1nc(Nc2ccccn2)c(-c2ccc(OCCc3ccc(F)cc3)cc2)c(N2CCC(C)(C)CC2)c1C(OC(C)(C)C)C(=O)O. The fourth-order valence-corrected chi connectivity index (χ4v) is 5.84. The zero-order chi connectivity index (χ0) is 33.8. The molecule has 2 aromatic heterocycles. The van der Waals surface area contributed by atoms with E-state index < -0.39 is 17.7 Å². The summed E-state index contributed by atoms with van der Waals surface area (Å²) >= 11 is 0. The smallest absolute Gasteiger partial charge is 0.337 e. The van der Waals surface area contributed by atoms with Crippen LogP contribution in [-0.4, -0.2) is 46.3 Å². The number of carboxylic acids is 1. The van der Waals surface area contributed by atoms with Gasteiger partial charge < -0.3 is 24.8 Å². The summed E-state index contributed by atoms with van der Waals surface area (Å²) in [5, 5.41) is 14.0. The molecule has 1 unspecified atom stereocenters. The highest BCUT2D eigenvalue weighted by Crippen LogP contribution is 2.47. The van der Waals surface area contributed by atoms with Crippen LogP contribution in [0, 0.1) is 18.2 Å². The summed E-state index contributed by atoms with van der Waals surface area (Å²) in [5.41, 5.74) is 4.00. The van der Waals surface area contributed by atoms with Gasteiger partial charge in [-0.2, -0.15) is 0 Å². The maximum Gasteiger partial charge on any atom is 0.337 e. The largest absolute Gasteiger partial charge is 0.493 e. The number of nitrogens with one attached hydrogen (secondary N) is 1. The van der Waals surface area contributed by atoms with Crippen molar-refractivity contribution in [3.8, 4) is 16.9 Å². The topological polar surface area (TPSA) is 96.8 Å². The zero-order valence-corrected chi connectivity index (χ0v) is 28.1. The van der Waals surface area contributed by atoms with Gasteiger partial charge in [0.15, 0.2) is 6.10 Å². The van der Waals surface area contributed by atoms with E-state index in [1.54, 1.807) is 18.3 Å². The highest BCUT2D eigenvalue weighted by Gasteiger charge is 2.37. The van der Waals surface area contributed by atoms with E-state index in [1.807, 2.05) is 70.2 Å². The molecule has 0 spiro atoms. The summed E-state index contributed by atoms with van der Waals surface area (Å²) in [6.07, 6.45) is 3.03. The Bertz CT molecular complexity index is 1660. The lowest BCUT2D eigenvalue weighted by atomic mass is 9.82. The number of ether oxygens (including phenoxy) is 2. The van der Waals surface area contributed by atoms with Crippen LogP contribution in [0.5, 0.6) is 5.75 Å². The van der Waals surface area contributed by atoms with Crippen molar-refractivity contribution in [1.82, 2.24) is 9.97 Å². The van der Waals surface area contributed by atoms with Crippen LogP contribution in [0.3, 0.4) is 0 Å². The molecule has 0 saturated carbocycles. The third kappa shape index (κ3) is 8.65. The van der Waals surface area contributed by atoms with Crippen molar-refractivity contribution < 1.29 is 23.8 Å². The monoisotopic (exact) mass is 640 g/mol. The van der Waals surface area contributed by atoms with Gasteiger partial charge in [-0.1, -0.05) is 44.2 Å². The van der Waals surface area contributed by atoms with E-state index in [1.165, 1.54) is 12.1 Å². The number of piperidine rings is 1. The number of pyridine rings is 2. The lowest BCUT2D eigenvalue weighted by molar-refractivity contribution is -0.160. The zero-order valence-electron chi connectivity index (χ0n) is 28.1. The molecule has 1 atom stereocenters. The van der Waals surface area contributed by atoms with Crippen molar-refractivity contribution in [2.24, 2.45) is 5.41 Å². The Hall–Kier alpha value is -4.50.